The largest absolute Gasteiger partial charge is 0.477 e. The molecular formula is C14H14N2O3S. The fourth-order valence-electron chi connectivity index (χ4n) is 1.70. The number of hydrogen-bond acceptors (Lipinski definition) is 4. The number of rotatable bonds is 6. The summed E-state index contributed by atoms with van der Waals surface area (Å²) in [5.74, 6) is -1.18. The first kappa shape index (κ1) is 14.2. The van der Waals surface area contributed by atoms with Crippen LogP contribution in [0.4, 0.5) is 5.69 Å². The van der Waals surface area contributed by atoms with Crippen LogP contribution in [0.5, 0.6) is 0 Å². The molecule has 5 nitrogen and oxygen atoms in total. The predicted octanol–water partition coefficient (Wildman–Crippen LogP) is 2.80. The van der Waals surface area contributed by atoms with E-state index in [2.05, 4.69) is 16.4 Å². The SMILES string of the molecule is O=C(CCCc1cccs1)Nc1ccc(C(=O)O)nc1. The monoisotopic (exact) mass is 290 g/mol. The number of carbonyl (C=O) groups excluding carboxylic acids is 1. The summed E-state index contributed by atoms with van der Waals surface area (Å²) in [5.41, 5.74) is 0.469. The van der Waals surface area contributed by atoms with E-state index in [1.807, 2.05) is 11.4 Å². The molecule has 2 heterocycles. The number of carboxylic acid groups (broad SMARTS) is 1. The lowest BCUT2D eigenvalue weighted by Crippen LogP contribution is -2.12. The zero-order valence-electron chi connectivity index (χ0n) is 10.7. The Hall–Kier alpha value is -2.21. The van der Waals surface area contributed by atoms with Gasteiger partial charge in [0.05, 0.1) is 11.9 Å². The van der Waals surface area contributed by atoms with E-state index in [0.29, 0.717) is 12.1 Å². The number of thiophene rings is 1. The lowest BCUT2D eigenvalue weighted by atomic mass is 10.2. The minimum atomic E-state index is -1.08. The quantitative estimate of drug-likeness (QED) is 0.857. The van der Waals surface area contributed by atoms with Crippen molar-refractivity contribution in [3.8, 4) is 0 Å². The van der Waals surface area contributed by atoms with Crippen LogP contribution < -0.4 is 5.32 Å². The molecular weight excluding hydrogens is 276 g/mol. The molecule has 0 radical (unpaired) electrons. The van der Waals surface area contributed by atoms with Crippen molar-refractivity contribution >= 4 is 28.9 Å². The van der Waals surface area contributed by atoms with E-state index in [4.69, 9.17) is 5.11 Å². The summed E-state index contributed by atoms with van der Waals surface area (Å²) in [5, 5.41) is 13.4. The van der Waals surface area contributed by atoms with Crippen LogP contribution in [0.15, 0.2) is 35.8 Å². The lowest BCUT2D eigenvalue weighted by molar-refractivity contribution is -0.116. The predicted molar refractivity (Wildman–Crippen MR) is 77.1 cm³/mol. The molecule has 2 aromatic rings. The third kappa shape index (κ3) is 4.17. The van der Waals surface area contributed by atoms with Crippen LogP contribution in [-0.2, 0) is 11.2 Å². The molecule has 2 aromatic heterocycles. The lowest BCUT2D eigenvalue weighted by Gasteiger charge is -2.04. The molecule has 6 heteroatoms. The van der Waals surface area contributed by atoms with Gasteiger partial charge in [0.15, 0.2) is 0 Å². The highest BCUT2D eigenvalue weighted by Crippen LogP contribution is 2.13. The summed E-state index contributed by atoms with van der Waals surface area (Å²) in [6.45, 7) is 0. The average Bonchev–Trinajstić information content (AvgIpc) is 2.92. The van der Waals surface area contributed by atoms with Crippen molar-refractivity contribution in [1.29, 1.82) is 0 Å². The Kier molecular flexibility index (Phi) is 4.84. The van der Waals surface area contributed by atoms with Gasteiger partial charge in [0, 0.05) is 11.3 Å². The molecule has 0 bridgehead atoms. The molecule has 20 heavy (non-hydrogen) atoms. The number of aromatic carboxylic acids is 1. The van der Waals surface area contributed by atoms with E-state index in [9.17, 15) is 9.59 Å². The van der Waals surface area contributed by atoms with E-state index in [1.165, 1.54) is 23.2 Å². The summed E-state index contributed by atoms with van der Waals surface area (Å²) in [6, 6.07) is 6.95. The van der Waals surface area contributed by atoms with E-state index >= 15 is 0 Å². The van der Waals surface area contributed by atoms with Crippen molar-refractivity contribution in [2.45, 2.75) is 19.3 Å². The number of pyridine rings is 1. The number of aromatic nitrogens is 1. The number of hydrogen-bond donors (Lipinski definition) is 2. The molecule has 0 aromatic carbocycles. The van der Waals surface area contributed by atoms with Crippen LogP contribution in [0.2, 0.25) is 0 Å². The Morgan fingerprint density at radius 1 is 1.30 bits per heavy atom. The maximum atomic E-state index is 11.7. The zero-order chi connectivity index (χ0) is 14.4. The first-order valence-corrected chi connectivity index (χ1v) is 7.04. The number of amides is 1. The molecule has 1 amide bonds. The van der Waals surface area contributed by atoms with E-state index in [-0.39, 0.29) is 11.6 Å². The minimum Gasteiger partial charge on any atom is -0.477 e. The second-order valence-electron chi connectivity index (χ2n) is 4.22. The Balaban J connectivity index is 1.77. The van der Waals surface area contributed by atoms with Crippen molar-refractivity contribution in [3.05, 3.63) is 46.4 Å². The maximum Gasteiger partial charge on any atom is 0.354 e. The average molecular weight is 290 g/mol. The molecule has 0 saturated heterocycles. The van der Waals surface area contributed by atoms with E-state index in [1.54, 1.807) is 11.3 Å². The van der Waals surface area contributed by atoms with Gasteiger partial charge in [-0.05, 0) is 36.4 Å². The first-order chi connectivity index (χ1) is 9.65. The van der Waals surface area contributed by atoms with Gasteiger partial charge < -0.3 is 10.4 Å². The molecule has 0 aliphatic rings. The molecule has 0 unspecified atom stereocenters. The highest BCUT2D eigenvalue weighted by Gasteiger charge is 2.06. The molecule has 2 rings (SSSR count). The Labute approximate surface area is 120 Å². The number of carboxylic acids is 1. The van der Waals surface area contributed by atoms with E-state index in [0.717, 1.165) is 12.8 Å². The third-order valence-corrected chi connectivity index (χ3v) is 3.61. The van der Waals surface area contributed by atoms with Gasteiger partial charge in [-0.1, -0.05) is 6.07 Å². The van der Waals surface area contributed by atoms with Gasteiger partial charge in [0.25, 0.3) is 0 Å². The van der Waals surface area contributed by atoms with Gasteiger partial charge in [-0.3, -0.25) is 4.79 Å². The first-order valence-electron chi connectivity index (χ1n) is 6.17. The smallest absolute Gasteiger partial charge is 0.354 e. The molecule has 0 fully saturated rings. The molecule has 0 aliphatic heterocycles. The topological polar surface area (TPSA) is 79.3 Å². The standard InChI is InChI=1S/C14H14N2O3S/c17-13(5-1-3-11-4-2-8-20-11)16-10-6-7-12(14(18)19)15-9-10/h2,4,6-9H,1,3,5H2,(H,16,17)(H,18,19). The number of nitrogens with zero attached hydrogens (tertiary/aromatic N) is 1. The molecule has 104 valence electrons. The minimum absolute atomic E-state index is 0.0410. The van der Waals surface area contributed by atoms with Gasteiger partial charge in [-0.25, -0.2) is 9.78 Å². The highest BCUT2D eigenvalue weighted by molar-refractivity contribution is 7.09. The van der Waals surface area contributed by atoms with Crippen LogP contribution in [0.3, 0.4) is 0 Å². The number of anilines is 1. The van der Waals surface area contributed by atoms with Crippen molar-refractivity contribution in [1.82, 2.24) is 4.98 Å². The highest BCUT2D eigenvalue weighted by atomic mass is 32.1. The number of carbonyl (C=O) groups is 2. The van der Waals surface area contributed by atoms with Crippen LogP contribution in [0.1, 0.15) is 28.2 Å². The van der Waals surface area contributed by atoms with E-state index < -0.39 is 5.97 Å². The molecule has 2 N–H and O–H groups in total. The van der Waals surface area contributed by atoms with Crippen LogP contribution >= 0.6 is 11.3 Å². The Morgan fingerprint density at radius 3 is 2.75 bits per heavy atom. The molecule has 0 atom stereocenters. The fourth-order valence-corrected chi connectivity index (χ4v) is 2.45. The third-order valence-electron chi connectivity index (χ3n) is 2.67. The van der Waals surface area contributed by atoms with Gasteiger partial charge in [0.1, 0.15) is 5.69 Å². The van der Waals surface area contributed by atoms with Crippen molar-refractivity contribution in [3.63, 3.8) is 0 Å². The molecule has 0 aliphatic carbocycles. The fraction of sp³-hybridized carbons (Fsp3) is 0.214. The second kappa shape index (κ2) is 6.81. The summed E-state index contributed by atoms with van der Waals surface area (Å²) in [4.78, 5) is 27.4. The summed E-state index contributed by atoms with van der Waals surface area (Å²) < 4.78 is 0. The molecule has 0 saturated carbocycles. The Morgan fingerprint density at radius 2 is 2.15 bits per heavy atom. The maximum absolute atomic E-state index is 11.7. The van der Waals surface area contributed by atoms with Crippen LogP contribution in [0, 0.1) is 0 Å². The van der Waals surface area contributed by atoms with Crippen molar-refractivity contribution in [2.24, 2.45) is 0 Å². The summed E-state index contributed by atoms with van der Waals surface area (Å²) in [6.07, 6.45) is 3.45. The normalized spacial score (nSPS) is 10.2. The molecule has 0 spiro atoms. The van der Waals surface area contributed by atoms with Gasteiger partial charge in [0.2, 0.25) is 5.91 Å². The summed E-state index contributed by atoms with van der Waals surface area (Å²) >= 11 is 1.69. The van der Waals surface area contributed by atoms with Crippen molar-refractivity contribution in [2.75, 3.05) is 5.32 Å². The summed E-state index contributed by atoms with van der Waals surface area (Å²) in [7, 11) is 0. The van der Waals surface area contributed by atoms with Gasteiger partial charge in [-0.15, -0.1) is 11.3 Å². The second-order valence-corrected chi connectivity index (χ2v) is 5.25. The van der Waals surface area contributed by atoms with Crippen LogP contribution in [-0.4, -0.2) is 22.0 Å². The van der Waals surface area contributed by atoms with Crippen molar-refractivity contribution < 1.29 is 14.7 Å². The van der Waals surface area contributed by atoms with Gasteiger partial charge >= 0.3 is 5.97 Å². The van der Waals surface area contributed by atoms with Crippen LogP contribution in [0.25, 0.3) is 0 Å². The Bertz CT molecular complexity index is 579. The zero-order valence-corrected chi connectivity index (χ0v) is 11.5. The number of aryl methyl sites for hydroxylation is 1. The van der Waals surface area contributed by atoms with Gasteiger partial charge in [-0.2, -0.15) is 0 Å². The number of nitrogens with one attached hydrogen (secondary N) is 1.